The van der Waals surface area contributed by atoms with Crippen LogP contribution in [0.5, 0.6) is 0 Å². The molecule has 1 rings (SSSR count). The standard InChI is InChI=1S/C20H25BrO4/c1-4-5-13-17(15-21)20(18(22)24-2,19(23)25-3)14-9-12-16-10-7-6-8-11-16/h6-12,15H,4-5,13-14H2,1-3H3/b12-9+,17-15+. The average Bonchev–Trinajstić information content (AvgIpc) is 2.66. The van der Waals surface area contributed by atoms with Gasteiger partial charge in [-0.3, -0.25) is 9.59 Å². The zero-order chi connectivity index (χ0) is 18.7. The van der Waals surface area contributed by atoms with Gasteiger partial charge in [0.1, 0.15) is 0 Å². The van der Waals surface area contributed by atoms with Crippen LogP contribution in [0, 0.1) is 5.41 Å². The van der Waals surface area contributed by atoms with Crippen molar-refractivity contribution in [2.45, 2.75) is 32.6 Å². The summed E-state index contributed by atoms with van der Waals surface area (Å²) in [5, 5.41) is 0. The highest BCUT2D eigenvalue weighted by Crippen LogP contribution is 2.39. The van der Waals surface area contributed by atoms with Gasteiger partial charge in [0.25, 0.3) is 0 Å². The van der Waals surface area contributed by atoms with Crippen LogP contribution in [0.1, 0.15) is 38.2 Å². The summed E-state index contributed by atoms with van der Waals surface area (Å²) in [5.41, 5.74) is 0.169. The molecule has 0 aliphatic carbocycles. The van der Waals surface area contributed by atoms with Gasteiger partial charge in [0.2, 0.25) is 0 Å². The molecule has 0 radical (unpaired) electrons. The topological polar surface area (TPSA) is 52.6 Å². The van der Waals surface area contributed by atoms with Gasteiger partial charge in [-0.1, -0.05) is 71.8 Å². The molecule has 0 spiro atoms. The summed E-state index contributed by atoms with van der Waals surface area (Å²) < 4.78 is 9.94. The maximum absolute atomic E-state index is 12.6. The third kappa shape index (κ3) is 5.30. The minimum atomic E-state index is -1.48. The lowest BCUT2D eigenvalue weighted by Gasteiger charge is -2.29. The van der Waals surface area contributed by atoms with Crippen molar-refractivity contribution in [1.29, 1.82) is 0 Å². The monoisotopic (exact) mass is 408 g/mol. The molecule has 0 aliphatic heterocycles. The van der Waals surface area contributed by atoms with Crippen molar-refractivity contribution < 1.29 is 19.1 Å². The van der Waals surface area contributed by atoms with Crippen LogP contribution in [0.25, 0.3) is 6.08 Å². The highest BCUT2D eigenvalue weighted by atomic mass is 79.9. The summed E-state index contributed by atoms with van der Waals surface area (Å²) in [6.45, 7) is 2.05. The van der Waals surface area contributed by atoms with E-state index >= 15 is 0 Å². The van der Waals surface area contributed by atoms with Gasteiger partial charge in [-0.25, -0.2) is 0 Å². The summed E-state index contributed by atoms with van der Waals surface area (Å²) in [7, 11) is 2.57. The first-order chi connectivity index (χ1) is 12.1. The average molecular weight is 409 g/mol. The Labute approximate surface area is 158 Å². The summed E-state index contributed by atoms with van der Waals surface area (Å²) in [6.07, 6.45) is 6.27. The summed E-state index contributed by atoms with van der Waals surface area (Å²) in [6, 6.07) is 9.69. The van der Waals surface area contributed by atoms with Crippen LogP contribution in [-0.4, -0.2) is 26.2 Å². The SMILES string of the molecule is CCCC/C(=C\Br)C(C/C=C/c1ccccc1)(C(=O)OC)C(=O)OC. The molecule has 0 fully saturated rings. The minimum Gasteiger partial charge on any atom is -0.468 e. The molecule has 1 aromatic rings. The first kappa shape index (κ1) is 21.2. The van der Waals surface area contributed by atoms with Crippen LogP contribution >= 0.6 is 15.9 Å². The second kappa shape index (κ2) is 10.9. The highest BCUT2D eigenvalue weighted by molar-refractivity contribution is 9.11. The second-order valence-electron chi connectivity index (χ2n) is 5.64. The van der Waals surface area contributed by atoms with E-state index < -0.39 is 17.4 Å². The zero-order valence-corrected chi connectivity index (χ0v) is 16.5. The van der Waals surface area contributed by atoms with Crippen molar-refractivity contribution in [3.63, 3.8) is 0 Å². The van der Waals surface area contributed by atoms with Gasteiger partial charge in [-0.2, -0.15) is 0 Å². The largest absolute Gasteiger partial charge is 0.468 e. The van der Waals surface area contributed by atoms with Crippen molar-refractivity contribution >= 4 is 33.9 Å². The van der Waals surface area contributed by atoms with Gasteiger partial charge in [0.15, 0.2) is 5.41 Å². The molecule has 0 heterocycles. The van der Waals surface area contributed by atoms with E-state index in [2.05, 4.69) is 22.9 Å². The molecular formula is C20H25BrO4. The lowest BCUT2D eigenvalue weighted by Crippen LogP contribution is -2.42. The van der Waals surface area contributed by atoms with Crippen LogP contribution in [-0.2, 0) is 19.1 Å². The second-order valence-corrected chi connectivity index (χ2v) is 6.10. The van der Waals surface area contributed by atoms with Crippen LogP contribution in [0.4, 0.5) is 0 Å². The molecule has 0 bridgehead atoms. The molecule has 0 aromatic heterocycles. The molecule has 136 valence electrons. The summed E-state index contributed by atoms with van der Waals surface area (Å²) in [4.78, 5) is 26.9. The van der Waals surface area contributed by atoms with Gasteiger partial charge in [0, 0.05) is 0 Å². The van der Waals surface area contributed by atoms with E-state index in [1.807, 2.05) is 42.5 Å². The number of carbonyl (C=O) groups excluding carboxylic acids is 2. The molecule has 25 heavy (non-hydrogen) atoms. The van der Waals surface area contributed by atoms with Gasteiger partial charge >= 0.3 is 11.9 Å². The maximum atomic E-state index is 12.6. The van der Waals surface area contributed by atoms with Crippen molar-refractivity contribution in [2.24, 2.45) is 5.41 Å². The predicted molar refractivity (Wildman–Crippen MR) is 103 cm³/mol. The number of unbranched alkanes of at least 4 members (excludes halogenated alkanes) is 1. The highest BCUT2D eigenvalue weighted by Gasteiger charge is 2.50. The number of halogens is 1. The van der Waals surface area contributed by atoms with E-state index in [0.29, 0.717) is 12.0 Å². The van der Waals surface area contributed by atoms with E-state index in [1.54, 1.807) is 4.99 Å². The van der Waals surface area contributed by atoms with Gasteiger partial charge in [-0.15, -0.1) is 0 Å². The quantitative estimate of drug-likeness (QED) is 0.431. The number of esters is 2. The minimum absolute atomic E-state index is 0.169. The Morgan fingerprint density at radius 1 is 1.12 bits per heavy atom. The molecule has 4 nitrogen and oxygen atoms in total. The van der Waals surface area contributed by atoms with Crippen LogP contribution in [0.15, 0.2) is 47.0 Å². The fraction of sp³-hybridized carbons (Fsp3) is 0.400. The van der Waals surface area contributed by atoms with E-state index in [1.165, 1.54) is 14.2 Å². The fourth-order valence-corrected chi connectivity index (χ4v) is 3.28. The molecule has 0 N–H and O–H groups in total. The Balaban J connectivity index is 3.26. The van der Waals surface area contributed by atoms with Crippen molar-refractivity contribution in [2.75, 3.05) is 14.2 Å². The lowest BCUT2D eigenvalue weighted by atomic mass is 9.75. The zero-order valence-electron chi connectivity index (χ0n) is 15.0. The number of carbonyl (C=O) groups is 2. The molecule has 0 amide bonds. The lowest BCUT2D eigenvalue weighted by molar-refractivity contribution is -0.165. The number of allylic oxidation sites excluding steroid dienone is 1. The molecular weight excluding hydrogens is 384 g/mol. The Bertz CT molecular complexity index is 604. The number of benzene rings is 1. The molecule has 0 unspecified atom stereocenters. The first-order valence-corrected chi connectivity index (χ1v) is 9.16. The Morgan fingerprint density at radius 2 is 1.72 bits per heavy atom. The maximum Gasteiger partial charge on any atom is 0.327 e. The number of ether oxygens (including phenoxy) is 2. The predicted octanol–water partition coefficient (Wildman–Crippen LogP) is 4.89. The van der Waals surface area contributed by atoms with Crippen molar-refractivity contribution in [3.05, 3.63) is 52.5 Å². The van der Waals surface area contributed by atoms with Crippen molar-refractivity contribution in [3.8, 4) is 0 Å². The smallest absolute Gasteiger partial charge is 0.327 e. The number of methoxy groups -OCH3 is 2. The van der Waals surface area contributed by atoms with E-state index in [9.17, 15) is 9.59 Å². The van der Waals surface area contributed by atoms with Crippen LogP contribution < -0.4 is 0 Å². The third-order valence-electron chi connectivity index (χ3n) is 4.08. The Kier molecular flexibility index (Phi) is 9.21. The van der Waals surface area contributed by atoms with Gasteiger partial charge < -0.3 is 9.47 Å². The van der Waals surface area contributed by atoms with E-state index in [0.717, 1.165) is 18.4 Å². The van der Waals surface area contributed by atoms with Gasteiger partial charge in [0.05, 0.1) is 14.2 Å². The normalized spacial score (nSPS) is 12.2. The molecule has 5 heteroatoms. The number of hydrogen-bond acceptors (Lipinski definition) is 4. The molecule has 1 aromatic carbocycles. The Morgan fingerprint density at radius 3 is 2.20 bits per heavy atom. The fourth-order valence-electron chi connectivity index (χ4n) is 2.66. The number of rotatable bonds is 9. The summed E-state index contributed by atoms with van der Waals surface area (Å²) in [5.74, 6) is -1.22. The third-order valence-corrected chi connectivity index (χ3v) is 4.63. The molecule has 0 saturated heterocycles. The number of hydrogen-bond donors (Lipinski definition) is 0. The van der Waals surface area contributed by atoms with Crippen LogP contribution in [0.3, 0.4) is 0 Å². The Hall–Kier alpha value is -1.88. The summed E-state index contributed by atoms with van der Waals surface area (Å²) >= 11 is 3.31. The van der Waals surface area contributed by atoms with E-state index in [4.69, 9.17) is 9.47 Å². The van der Waals surface area contributed by atoms with Crippen molar-refractivity contribution in [1.82, 2.24) is 0 Å². The van der Waals surface area contributed by atoms with Crippen LogP contribution in [0.2, 0.25) is 0 Å². The molecule has 0 atom stereocenters. The first-order valence-electron chi connectivity index (χ1n) is 8.25. The van der Waals surface area contributed by atoms with Gasteiger partial charge in [-0.05, 0) is 35.4 Å². The molecule has 0 saturated carbocycles. The molecule has 0 aliphatic rings. The van der Waals surface area contributed by atoms with E-state index in [-0.39, 0.29) is 6.42 Å².